The number of amides is 1. The second-order valence-corrected chi connectivity index (χ2v) is 6.60. The van der Waals surface area contributed by atoms with Crippen LogP contribution in [0.25, 0.3) is 6.08 Å². The number of benzene rings is 2. The summed E-state index contributed by atoms with van der Waals surface area (Å²) in [5.74, 6) is -0.937. The number of nitrogens with one attached hydrogen (secondary N) is 1. The topological polar surface area (TPSA) is 72.0 Å². The van der Waals surface area contributed by atoms with Gasteiger partial charge in [0.05, 0.1) is 22.8 Å². The molecule has 0 spiro atoms. The fourth-order valence-corrected chi connectivity index (χ4v) is 2.66. The Morgan fingerprint density at radius 2 is 1.41 bits per heavy atom. The normalized spacial score (nSPS) is 10.9. The van der Waals surface area contributed by atoms with Gasteiger partial charge < -0.3 is 5.32 Å². The quantitative estimate of drug-likeness (QED) is 0.508. The third-order valence-electron chi connectivity index (χ3n) is 4.44. The molecule has 0 bridgehead atoms. The summed E-state index contributed by atoms with van der Waals surface area (Å²) in [5.41, 5.74) is 4.47. The lowest BCUT2D eigenvalue weighted by molar-refractivity contribution is 0.102. The number of carbonyl (C=O) groups is 2. The van der Waals surface area contributed by atoms with Crippen molar-refractivity contribution in [3.63, 3.8) is 0 Å². The molecule has 0 fully saturated rings. The molecule has 6 heteroatoms. The van der Waals surface area contributed by atoms with Crippen LogP contribution >= 0.6 is 0 Å². The fourth-order valence-electron chi connectivity index (χ4n) is 2.66. The highest BCUT2D eigenvalue weighted by atomic mass is 19.1. The van der Waals surface area contributed by atoms with Gasteiger partial charge in [-0.3, -0.25) is 14.6 Å². The largest absolute Gasteiger partial charge is 0.322 e. The number of aromatic nitrogens is 2. The molecule has 0 atom stereocenters. The number of anilines is 1. The Kier molecular flexibility index (Phi) is 5.93. The van der Waals surface area contributed by atoms with E-state index < -0.39 is 5.82 Å². The van der Waals surface area contributed by atoms with Gasteiger partial charge in [0.2, 0.25) is 0 Å². The monoisotopic (exact) mass is 389 g/mol. The highest BCUT2D eigenvalue weighted by Crippen LogP contribution is 2.14. The Hall–Kier alpha value is -3.67. The zero-order valence-electron chi connectivity index (χ0n) is 16.4. The Bertz CT molecular complexity index is 1090. The molecule has 5 nitrogen and oxygen atoms in total. The van der Waals surface area contributed by atoms with Crippen molar-refractivity contribution in [2.45, 2.75) is 20.8 Å². The van der Waals surface area contributed by atoms with E-state index in [2.05, 4.69) is 15.3 Å². The zero-order chi connectivity index (χ0) is 21.0. The first-order valence-corrected chi connectivity index (χ1v) is 9.05. The van der Waals surface area contributed by atoms with Crippen molar-refractivity contribution in [3.8, 4) is 0 Å². The minimum absolute atomic E-state index is 0.180. The Labute approximate surface area is 168 Å². The highest BCUT2D eigenvalue weighted by molar-refractivity contribution is 6.07. The first-order chi connectivity index (χ1) is 13.8. The maximum atomic E-state index is 13.0. The summed E-state index contributed by atoms with van der Waals surface area (Å²) >= 11 is 0. The van der Waals surface area contributed by atoms with Crippen LogP contribution < -0.4 is 5.32 Å². The lowest BCUT2D eigenvalue weighted by Gasteiger charge is -2.06. The molecular weight excluding hydrogens is 369 g/mol. The van der Waals surface area contributed by atoms with Gasteiger partial charge in [0, 0.05) is 16.8 Å². The van der Waals surface area contributed by atoms with Crippen LogP contribution in [0.5, 0.6) is 0 Å². The van der Waals surface area contributed by atoms with Gasteiger partial charge in [-0.05, 0) is 81.5 Å². The van der Waals surface area contributed by atoms with Crippen LogP contribution in [-0.4, -0.2) is 21.7 Å². The molecule has 0 aliphatic carbocycles. The molecule has 146 valence electrons. The first kappa shape index (κ1) is 20.1. The summed E-state index contributed by atoms with van der Waals surface area (Å²) in [7, 11) is 0. The smallest absolute Gasteiger partial charge is 0.255 e. The number of halogens is 1. The van der Waals surface area contributed by atoms with Crippen molar-refractivity contribution >= 4 is 23.5 Å². The summed E-state index contributed by atoms with van der Waals surface area (Å²) in [6.07, 6.45) is 3.11. The number of nitrogens with zero attached hydrogens (tertiary/aromatic N) is 2. The van der Waals surface area contributed by atoms with E-state index in [9.17, 15) is 14.0 Å². The molecule has 0 aliphatic heterocycles. The molecule has 29 heavy (non-hydrogen) atoms. The Balaban J connectivity index is 1.68. The van der Waals surface area contributed by atoms with Crippen LogP contribution in [0.3, 0.4) is 0 Å². The van der Waals surface area contributed by atoms with Crippen LogP contribution in [0.15, 0.2) is 54.6 Å². The first-order valence-electron chi connectivity index (χ1n) is 9.05. The van der Waals surface area contributed by atoms with Gasteiger partial charge >= 0.3 is 0 Å². The van der Waals surface area contributed by atoms with Gasteiger partial charge in [-0.25, -0.2) is 9.37 Å². The molecule has 1 amide bonds. The van der Waals surface area contributed by atoms with E-state index in [1.54, 1.807) is 30.3 Å². The standard InChI is InChI=1S/C23H20FN3O2/c1-14-15(2)26-21(16(3)25-14)12-13-22(28)17-6-10-20(11-7-17)27-23(29)18-4-8-19(24)9-5-18/h4-13H,1-3H3,(H,27,29)/b13-12+. The third-order valence-corrected chi connectivity index (χ3v) is 4.44. The van der Waals surface area contributed by atoms with E-state index in [4.69, 9.17) is 0 Å². The molecule has 1 aromatic heterocycles. The van der Waals surface area contributed by atoms with Gasteiger partial charge in [0.25, 0.3) is 5.91 Å². The highest BCUT2D eigenvalue weighted by Gasteiger charge is 2.08. The molecule has 3 aromatic rings. The average Bonchev–Trinajstić information content (AvgIpc) is 2.70. The minimum Gasteiger partial charge on any atom is -0.322 e. The summed E-state index contributed by atoms with van der Waals surface area (Å²) < 4.78 is 13.0. The van der Waals surface area contributed by atoms with Gasteiger partial charge in [-0.15, -0.1) is 0 Å². The number of allylic oxidation sites excluding steroid dienone is 1. The molecule has 1 N–H and O–H groups in total. The predicted molar refractivity (Wildman–Crippen MR) is 110 cm³/mol. The molecule has 1 heterocycles. The van der Waals surface area contributed by atoms with Crippen LogP contribution in [0.2, 0.25) is 0 Å². The average molecular weight is 389 g/mol. The molecule has 2 aromatic carbocycles. The molecule has 0 radical (unpaired) electrons. The van der Waals surface area contributed by atoms with E-state index in [-0.39, 0.29) is 11.7 Å². The van der Waals surface area contributed by atoms with Crippen molar-refractivity contribution in [3.05, 3.63) is 94.3 Å². The zero-order valence-corrected chi connectivity index (χ0v) is 16.4. The number of aryl methyl sites for hydroxylation is 3. The summed E-state index contributed by atoms with van der Waals surface area (Å²) in [4.78, 5) is 33.4. The summed E-state index contributed by atoms with van der Waals surface area (Å²) in [6.45, 7) is 5.62. The fraction of sp³-hybridized carbons (Fsp3) is 0.130. The van der Waals surface area contributed by atoms with E-state index in [1.165, 1.54) is 30.3 Å². The maximum Gasteiger partial charge on any atom is 0.255 e. The minimum atomic E-state index is -0.403. The van der Waals surface area contributed by atoms with E-state index >= 15 is 0 Å². The third kappa shape index (κ3) is 4.99. The van der Waals surface area contributed by atoms with Crippen molar-refractivity contribution in [1.29, 1.82) is 0 Å². The van der Waals surface area contributed by atoms with Crippen molar-refractivity contribution in [2.24, 2.45) is 0 Å². The summed E-state index contributed by atoms with van der Waals surface area (Å²) in [5, 5.41) is 2.71. The second kappa shape index (κ2) is 8.56. The van der Waals surface area contributed by atoms with E-state index in [0.29, 0.717) is 22.5 Å². The SMILES string of the molecule is Cc1nc(C)c(/C=C/C(=O)c2ccc(NC(=O)c3ccc(F)cc3)cc2)nc1C. The van der Waals surface area contributed by atoms with Crippen LogP contribution in [0, 0.1) is 26.6 Å². The number of hydrogen-bond donors (Lipinski definition) is 1. The van der Waals surface area contributed by atoms with Crippen molar-refractivity contribution < 1.29 is 14.0 Å². The van der Waals surface area contributed by atoms with Crippen molar-refractivity contribution in [2.75, 3.05) is 5.32 Å². The lowest BCUT2D eigenvalue weighted by Crippen LogP contribution is -2.11. The molecule has 0 saturated heterocycles. The van der Waals surface area contributed by atoms with Gasteiger partial charge in [-0.1, -0.05) is 0 Å². The molecule has 3 rings (SSSR count). The molecule has 0 aliphatic rings. The lowest BCUT2D eigenvalue weighted by atomic mass is 10.1. The van der Waals surface area contributed by atoms with E-state index in [0.717, 1.165) is 17.1 Å². The van der Waals surface area contributed by atoms with E-state index in [1.807, 2.05) is 20.8 Å². The second-order valence-electron chi connectivity index (χ2n) is 6.60. The molecule has 0 saturated carbocycles. The van der Waals surface area contributed by atoms with Gasteiger partial charge in [0.1, 0.15) is 5.82 Å². The van der Waals surface area contributed by atoms with Crippen molar-refractivity contribution in [1.82, 2.24) is 9.97 Å². The van der Waals surface area contributed by atoms with Crippen LogP contribution in [-0.2, 0) is 0 Å². The number of carbonyl (C=O) groups excluding carboxylic acids is 2. The van der Waals surface area contributed by atoms with Crippen LogP contribution in [0.4, 0.5) is 10.1 Å². The number of hydrogen-bond acceptors (Lipinski definition) is 4. The van der Waals surface area contributed by atoms with Gasteiger partial charge in [-0.2, -0.15) is 0 Å². The Morgan fingerprint density at radius 1 is 0.828 bits per heavy atom. The van der Waals surface area contributed by atoms with Gasteiger partial charge in [0.15, 0.2) is 5.78 Å². The number of ketones is 1. The Morgan fingerprint density at radius 3 is 2.07 bits per heavy atom. The number of rotatable bonds is 5. The predicted octanol–water partition coefficient (Wildman–Crippen LogP) is 4.69. The summed E-state index contributed by atoms with van der Waals surface area (Å²) in [6, 6.07) is 11.8. The van der Waals surface area contributed by atoms with Crippen LogP contribution in [0.1, 0.15) is 43.5 Å². The molecular formula is C23H20FN3O2. The molecule has 0 unspecified atom stereocenters. The maximum absolute atomic E-state index is 13.0.